The van der Waals surface area contributed by atoms with Gasteiger partial charge in [0.15, 0.2) is 5.82 Å². The molecule has 0 saturated carbocycles. The number of benzene rings is 1. The van der Waals surface area contributed by atoms with E-state index in [2.05, 4.69) is 10.2 Å². The van der Waals surface area contributed by atoms with Gasteiger partial charge in [0.1, 0.15) is 22.8 Å². The topological polar surface area (TPSA) is 51.2 Å². The summed E-state index contributed by atoms with van der Waals surface area (Å²) in [7, 11) is 1.62. The van der Waals surface area contributed by atoms with Crippen molar-refractivity contribution in [2.45, 2.75) is 0 Å². The molecule has 3 aromatic heterocycles. The molecule has 0 saturated heterocycles. The van der Waals surface area contributed by atoms with Gasteiger partial charge in [-0.15, -0.1) is 21.6 Å². The molecule has 0 N–H and O–H groups in total. The van der Waals surface area contributed by atoms with Gasteiger partial charge in [-0.05, 0) is 35.7 Å². The molecule has 0 radical (unpaired) electrons. The van der Waals surface area contributed by atoms with Crippen LogP contribution < -0.4 is 4.74 Å². The van der Waals surface area contributed by atoms with Crippen LogP contribution in [0.1, 0.15) is 0 Å². The van der Waals surface area contributed by atoms with Crippen LogP contribution in [-0.4, -0.2) is 16.5 Å². The van der Waals surface area contributed by atoms with Crippen LogP contribution in [0.3, 0.4) is 0 Å². The normalized spacial score (nSPS) is 11.4. The molecular weight excluding hydrogens is 320 g/mol. The number of para-hydroxylation sites is 1. The van der Waals surface area contributed by atoms with Gasteiger partial charge in [-0.1, -0.05) is 24.3 Å². The summed E-state index contributed by atoms with van der Waals surface area (Å²) in [5, 5.41) is 10.9. The fourth-order valence-electron chi connectivity index (χ4n) is 2.47. The van der Waals surface area contributed by atoms with Gasteiger partial charge in [0.25, 0.3) is 0 Å². The van der Waals surface area contributed by atoms with Gasteiger partial charge in [0.2, 0.25) is 0 Å². The molecule has 3 heterocycles. The Labute approximate surface area is 142 Å². The molecule has 118 valence electrons. The summed E-state index contributed by atoms with van der Waals surface area (Å²) in [4.78, 5) is 5.76. The molecule has 0 atom stereocenters. The van der Waals surface area contributed by atoms with E-state index in [1.54, 1.807) is 18.4 Å². The molecule has 1 aromatic carbocycles. The van der Waals surface area contributed by atoms with E-state index in [4.69, 9.17) is 9.72 Å². The van der Waals surface area contributed by atoms with Crippen LogP contribution in [0.5, 0.6) is 5.75 Å². The Hall–Kier alpha value is -2.99. The zero-order valence-corrected chi connectivity index (χ0v) is 13.8. The fourth-order valence-corrected chi connectivity index (χ4v) is 3.18. The lowest BCUT2D eigenvalue weighted by Crippen LogP contribution is -1.83. The van der Waals surface area contributed by atoms with Gasteiger partial charge in [-0.3, -0.25) is 4.40 Å². The summed E-state index contributed by atoms with van der Waals surface area (Å²) < 4.78 is 7.27. The lowest BCUT2D eigenvalue weighted by Gasteiger charge is -2.02. The largest absolute Gasteiger partial charge is 0.494 e. The van der Waals surface area contributed by atoms with Gasteiger partial charge in [0, 0.05) is 6.20 Å². The molecule has 24 heavy (non-hydrogen) atoms. The molecule has 0 aliphatic heterocycles. The van der Waals surface area contributed by atoms with E-state index in [1.165, 1.54) is 0 Å². The first-order valence-electron chi connectivity index (χ1n) is 7.42. The third kappa shape index (κ3) is 2.57. The summed E-state index contributed by atoms with van der Waals surface area (Å²) >= 11 is 1.63. The van der Waals surface area contributed by atoms with Gasteiger partial charge >= 0.3 is 0 Å². The Kier molecular flexibility index (Phi) is 3.80. The Bertz CT molecular complexity index is 1000. The highest BCUT2D eigenvalue weighted by Gasteiger charge is 2.14. The number of hydrogen-bond donors (Lipinski definition) is 0. The molecule has 5 nitrogen and oxygen atoms in total. The zero-order chi connectivity index (χ0) is 16.4. The van der Waals surface area contributed by atoms with Gasteiger partial charge in [-0.2, -0.15) is 0 Å². The third-order valence-electron chi connectivity index (χ3n) is 3.60. The van der Waals surface area contributed by atoms with E-state index < -0.39 is 0 Å². The summed E-state index contributed by atoms with van der Waals surface area (Å²) in [6.07, 6.45) is 1.94. The second kappa shape index (κ2) is 6.25. The summed E-state index contributed by atoms with van der Waals surface area (Å²) in [6.45, 7) is 0. The first kappa shape index (κ1) is 14.6. The Morgan fingerprint density at radius 1 is 1.00 bits per heavy atom. The predicted molar refractivity (Wildman–Crippen MR) is 95.7 cm³/mol. The van der Waals surface area contributed by atoms with Crippen LogP contribution in [0.4, 0.5) is 11.5 Å². The van der Waals surface area contributed by atoms with Crippen LogP contribution in [0.15, 0.2) is 76.4 Å². The number of imidazole rings is 1. The van der Waals surface area contributed by atoms with Crippen molar-refractivity contribution in [3.05, 3.63) is 66.2 Å². The first-order chi connectivity index (χ1) is 11.9. The number of nitrogens with zero attached hydrogens (tertiary/aromatic N) is 4. The average molecular weight is 334 g/mol. The standard InChI is InChI=1S/C18H14N4OS/c1-23-14-8-3-2-7-13(14)20-21-18-17(15-9-6-12-24-15)19-16-10-4-5-11-22(16)18/h2-12H,1H3. The quantitative estimate of drug-likeness (QED) is 0.464. The first-order valence-corrected chi connectivity index (χ1v) is 8.30. The monoisotopic (exact) mass is 334 g/mol. The second-order valence-corrected chi connectivity index (χ2v) is 6.01. The van der Waals surface area contributed by atoms with Crippen molar-refractivity contribution in [3.63, 3.8) is 0 Å². The molecule has 6 heteroatoms. The SMILES string of the molecule is COc1ccccc1N=Nc1c(-c2cccs2)nc2ccccn12. The van der Waals surface area contributed by atoms with E-state index in [0.29, 0.717) is 17.3 Å². The Morgan fingerprint density at radius 2 is 1.88 bits per heavy atom. The summed E-state index contributed by atoms with van der Waals surface area (Å²) in [6, 6.07) is 17.5. The number of ether oxygens (including phenoxy) is 1. The minimum Gasteiger partial charge on any atom is -0.494 e. The van der Waals surface area contributed by atoms with Gasteiger partial charge < -0.3 is 4.74 Å². The van der Waals surface area contributed by atoms with E-state index in [0.717, 1.165) is 16.2 Å². The average Bonchev–Trinajstić information content (AvgIpc) is 3.27. The fraction of sp³-hybridized carbons (Fsp3) is 0.0556. The number of aromatic nitrogens is 2. The molecule has 0 unspecified atom stereocenters. The molecule has 4 rings (SSSR count). The van der Waals surface area contributed by atoms with E-state index in [1.807, 2.05) is 70.6 Å². The number of fused-ring (bicyclic) bond motifs is 1. The third-order valence-corrected chi connectivity index (χ3v) is 4.47. The van der Waals surface area contributed by atoms with Crippen LogP contribution in [0, 0.1) is 0 Å². The zero-order valence-electron chi connectivity index (χ0n) is 13.0. The highest BCUT2D eigenvalue weighted by atomic mass is 32.1. The van der Waals surface area contributed by atoms with E-state index >= 15 is 0 Å². The van der Waals surface area contributed by atoms with Crippen molar-refractivity contribution in [2.24, 2.45) is 10.2 Å². The van der Waals surface area contributed by atoms with Crippen molar-refractivity contribution < 1.29 is 4.74 Å². The molecular formula is C18H14N4OS. The highest BCUT2D eigenvalue weighted by Crippen LogP contribution is 2.35. The van der Waals surface area contributed by atoms with Crippen LogP contribution in [0.2, 0.25) is 0 Å². The minimum atomic E-state index is 0.683. The molecule has 0 aliphatic rings. The molecule has 0 fully saturated rings. The molecule has 0 amide bonds. The maximum Gasteiger partial charge on any atom is 0.188 e. The van der Waals surface area contributed by atoms with Crippen LogP contribution in [-0.2, 0) is 0 Å². The number of azo groups is 1. The minimum absolute atomic E-state index is 0.683. The number of rotatable bonds is 4. The number of methoxy groups -OCH3 is 1. The van der Waals surface area contributed by atoms with Crippen molar-refractivity contribution in [1.82, 2.24) is 9.38 Å². The summed E-state index contributed by atoms with van der Waals surface area (Å²) in [5.41, 5.74) is 2.35. The van der Waals surface area contributed by atoms with Crippen molar-refractivity contribution >= 4 is 28.5 Å². The predicted octanol–water partition coefficient (Wildman–Crippen LogP) is 5.49. The number of pyridine rings is 1. The van der Waals surface area contributed by atoms with Crippen molar-refractivity contribution in [2.75, 3.05) is 7.11 Å². The van der Waals surface area contributed by atoms with Crippen molar-refractivity contribution in [1.29, 1.82) is 0 Å². The molecule has 4 aromatic rings. The van der Waals surface area contributed by atoms with Gasteiger partial charge in [0.05, 0.1) is 12.0 Å². The van der Waals surface area contributed by atoms with Crippen molar-refractivity contribution in [3.8, 4) is 16.3 Å². The van der Waals surface area contributed by atoms with Crippen LogP contribution >= 0.6 is 11.3 Å². The maximum atomic E-state index is 5.33. The smallest absolute Gasteiger partial charge is 0.188 e. The number of hydrogen-bond acceptors (Lipinski definition) is 5. The van der Waals surface area contributed by atoms with Crippen LogP contribution in [0.25, 0.3) is 16.2 Å². The molecule has 0 bridgehead atoms. The lowest BCUT2D eigenvalue weighted by atomic mass is 10.3. The molecule has 0 spiro atoms. The highest BCUT2D eigenvalue weighted by molar-refractivity contribution is 7.13. The number of thiophene rings is 1. The van der Waals surface area contributed by atoms with E-state index in [-0.39, 0.29) is 0 Å². The second-order valence-electron chi connectivity index (χ2n) is 5.06. The summed E-state index contributed by atoms with van der Waals surface area (Å²) in [5.74, 6) is 1.40. The molecule has 0 aliphatic carbocycles. The maximum absolute atomic E-state index is 5.33. The lowest BCUT2D eigenvalue weighted by molar-refractivity contribution is 0.416. The van der Waals surface area contributed by atoms with E-state index in [9.17, 15) is 0 Å². The Balaban J connectivity index is 1.86. The van der Waals surface area contributed by atoms with Gasteiger partial charge in [-0.25, -0.2) is 4.98 Å². The Morgan fingerprint density at radius 3 is 2.71 bits per heavy atom.